The number of hydrogen-bond donors (Lipinski definition) is 2. The van der Waals surface area contributed by atoms with Crippen LogP contribution in [0.1, 0.15) is 26.5 Å². The van der Waals surface area contributed by atoms with Gasteiger partial charge < -0.3 is 15.1 Å². The molecule has 0 aliphatic carbocycles. The van der Waals surface area contributed by atoms with Crippen LogP contribution < -0.4 is 10.6 Å². The summed E-state index contributed by atoms with van der Waals surface area (Å²) in [4.78, 5) is 22.9. The fourth-order valence-corrected chi connectivity index (χ4v) is 1.70. The first-order valence-electron chi connectivity index (χ1n) is 5.78. The summed E-state index contributed by atoms with van der Waals surface area (Å²) >= 11 is 2.04. The molecular weight excluding hydrogens is 359 g/mol. The van der Waals surface area contributed by atoms with Gasteiger partial charge in [-0.25, -0.2) is 0 Å². The van der Waals surface area contributed by atoms with E-state index in [0.29, 0.717) is 5.76 Å². The minimum Gasteiger partial charge on any atom is -0.451 e. The number of carbonyl (C=O) groups excluding carboxylic acids is 2. The Balaban J connectivity index is 2.36. The first kappa shape index (κ1) is 15.7. The highest BCUT2D eigenvalue weighted by molar-refractivity contribution is 14.1. The molecule has 0 bridgehead atoms. The second kappa shape index (κ2) is 6.74. The van der Waals surface area contributed by atoms with Gasteiger partial charge in [-0.1, -0.05) is 0 Å². The van der Waals surface area contributed by atoms with Crippen molar-refractivity contribution < 1.29 is 14.0 Å². The second-order valence-electron chi connectivity index (χ2n) is 4.99. The molecule has 1 heterocycles. The maximum Gasteiger partial charge on any atom is 0.244 e. The van der Waals surface area contributed by atoms with E-state index in [1.54, 1.807) is 18.2 Å². The summed E-state index contributed by atoms with van der Waals surface area (Å²) in [5.74, 6) is 0.0379. The Morgan fingerprint density at radius 3 is 2.58 bits per heavy atom. The molecule has 2 amide bonds. The van der Waals surface area contributed by atoms with Crippen LogP contribution in [0.3, 0.4) is 0 Å². The van der Waals surface area contributed by atoms with Gasteiger partial charge in [0.1, 0.15) is 5.76 Å². The summed E-state index contributed by atoms with van der Waals surface area (Å²) in [6, 6.07) is 3.56. The van der Waals surface area contributed by atoms with Crippen LogP contribution in [0.15, 0.2) is 22.6 Å². The normalized spacial score (nSPS) is 11.6. The van der Waals surface area contributed by atoms with E-state index in [-0.39, 0.29) is 23.9 Å². The second-order valence-corrected chi connectivity index (χ2v) is 6.05. The molecule has 1 aromatic rings. The minimum absolute atomic E-state index is 0.0455. The van der Waals surface area contributed by atoms with Gasteiger partial charge in [0.2, 0.25) is 11.8 Å². The molecule has 0 aromatic carbocycles. The molecule has 104 valence electrons. The third-order valence-corrected chi connectivity index (χ3v) is 2.51. The molecule has 0 atom stereocenters. The fraction of sp³-hybridized carbons (Fsp3) is 0.385. The van der Waals surface area contributed by atoms with Crippen molar-refractivity contribution in [2.75, 3.05) is 6.54 Å². The molecule has 0 radical (unpaired) electrons. The molecule has 0 saturated carbocycles. The topological polar surface area (TPSA) is 71.3 Å². The van der Waals surface area contributed by atoms with Gasteiger partial charge in [0, 0.05) is 11.6 Å². The number of halogens is 1. The number of rotatable bonds is 4. The molecule has 1 aromatic heterocycles. The van der Waals surface area contributed by atoms with Crippen molar-refractivity contribution in [3.05, 3.63) is 27.7 Å². The Kier molecular flexibility index (Phi) is 5.59. The lowest BCUT2D eigenvalue weighted by molar-refractivity contribution is -0.124. The summed E-state index contributed by atoms with van der Waals surface area (Å²) in [6.07, 6.45) is 2.89. The first-order valence-corrected chi connectivity index (χ1v) is 6.86. The summed E-state index contributed by atoms with van der Waals surface area (Å²) < 4.78 is 6.02. The standard InChI is InChI=1S/C13H17IN2O3/c1-13(2,3)16-12(18)8-15-11(17)7-5-9-4-6-10(14)19-9/h4-7H,8H2,1-3H3,(H,15,17)(H,16,18)/b7-5+. The largest absolute Gasteiger partial charge is 0.451 e. The van der Waals surface area contributed by atoms with Crippen molar-refractivity contribution in [2.45, 2.75) is 26.3 Å². The third kappa shape index (κ3) is 7.00. The maximum atomic E-state index is 11.5. The summed E-state index contributed by atoms with van der Waals surface area (Å²) in [7, 11) is 0. The van der Waals surface area contributed by atoms with Gasteiger partial charge in [-0.05, 0) is 61.6 Å². The van der Waals surface area contributed by atoms with Crippen molar-refractivity contribution in [1.82, 2.24) is 10.6 Å². The number of amides is 2. The molecule has 5 nitrogen and oxygen atoms in total. The summed E-state index contributed by atoms with van der Waals surface area (Å²) in [6.45, 7) is 5.59. The van der Waals surface area contributed by atoms with E-state index in [2.05, 4.69) is 10.6 Å². The molecule has 0 fully saturated rings. The van der Waals surface area contributed by atoms with Crippen LogP contribution in [-0.4, -0.2) is 23.9 Å². The van der Waals surface area contributed by atoms with Crippen LogP contribution in [-0.2, 0) is 9.59 Å². The zero-order chi connectivity index (χ0) is 14.5. The minimum atomic E-state index is -0.338. The van der Waals surface area contributed by atoms with Gasteiger partial charge in [-0.3, -0.25) is 9.59 Å². The Morgan fingerprint density at radius 1 is 1.37 bits per heavy atom. The van der Waals surface area contributed by atoms with Crippen molar-refractivity contribution in [2.24, 2.45) is 0 Å². The van der Waals surface area contributed by atoms with Crippen molar-refractivity contribution in [3.63, 3.8) is 0 Å². The summed E-state index contributed by atoms with van der Waals surface area (Å²) in [5, 5.41) is 5.26. The van der Waals surface area contributed by atoms with Crippen LogP contribution >= 0.6 is 22.6 Å². The van der Waals surface area contributed by atoms with Gasteiger partial charge >= 0.3 is 0 Å². The van der Waals surface area contributed by atoms with Crippen LogP contribution in [0.2, 0.25) is 0 Å². The molecule has 0 aliphatic rings. The monoisotopic (exact) mass is 376 g/mol. The molecular formula is C13H17IN2O3. The van der Waals surface area contributed by atoms with Crippen LogP contribution in [0.4, 0.5) is 0 Å². The Labute approximate surface area is 126 Å². The molecule has 0 spiro atoms. The van der Waals surface area contributed by atoms with E-state index in [9.17, 15) is 9.59 Å². The lowest BCUT2D eigenvalue weighted by Crippen LogP contribution is -2.45. The van der Waals surface area contributed by atoms with Crippen LogP contribution in [0, 0.1) is 3.77 Å². The molecule has 19 heavy (non-hydrogen) atoms. The number of carbonyl (C=O) groups is 2. The van der Waals surface area contributed by atoms with Gasteiger partial charge in [0.15, 0.2) is 3.77 Å². The van der Waals surface area contributed by atoms with Gasteiger partial charge in [-0.15, -0.1) is 0 Å². The van der Waals surface area contributed by atoms with E-state index < -0.39 is 0 Å². The van der Waals surface area contributed by atoms with Gasteiger partial charge in [0.05, 0.1) is 6.54 Å². The van der Waals surface area contributed by atoms with Crippen LogP contribution in [0.5, 0.6) is 0 Å². The highest BCUT2D eigenvalue weighted by Crippen LogP contribution is 2.11. The van der Waals surface area contributed by atoms with E-state index in [0.717, 1.165) is 3.77 Å². The quantitative estimate of drug-likeness (QED) is 0.623. The SMILES string of the molecule is CC(C)(C)NC(=O)CNC(=O)/C=C/c1ccc(I)o1. The predicted molar refractivity (Wildman–Crippen MR) is 81.4 cm³/mol. The molecule has 2 N–H and O–H groups in total. The van der Waals surface area contributed by atoms with E-state index >= 15 is 0 Å². The first-order chi connectivity index (χ1) is 8.76. The smallest absolute Gasteiger partial charge is 0.244 e. The molecule has 0 unspecified atom stereocenters. The molecule has 0 aliphatic heterocycles. The highest BCUT2D eigenvalue weighted by atomic mass is 127. The maximum absolute atomic E-state index is 11.5. The predicted octanol–water partition coefficient (Wildman–Crippen LogP) is 1.93. The lowest BCUT2D eigenvalue weighted by Gasteiger charge is -2.20. The Bertz CT molecular complexity index is 486. The zero-order valence-corrected chi connectivity index (χ0v) is 13.3. The fourth-order valence-electron chi connectivity index (χ4n) is 1.26. The van der Waals surface area contributed by atoms with E-state index in [4.69, 9.17) is 4.42 Å². The Morgan fingerprint density at radius 2 is 2.05 bits per heavy atom. The van der Waals surface area contributed by atoms with Crippen molar-refractivity contribution in [3.8, 4) is 0 Å². The average molecular weight is 376 g/mol. The number of hydrogen-bond acceptors (Lipinski definition) is 3. The van der Waals surface area contributed by atoms with Crippen LogP contribution in [0.25, 0.3) is 6.08 Å². The lowest BCUT2D eigenvalue weighted by atomic mass is 10.1. The zero-order valence-electron chi connectivity index (χ0n) is 11.1. The third-order valence-electron chi connectivity index (χ3n) is 1.93. The Hall–Kier alpha value is -1.31. The van der Waals surface area contributed by atoms with Crippen molar-refractivity contribution >= 4 is 40.5 Å². The van der Waals surface area contributed by atoms with Gasteiger partial charge in [-0.2, -0.15) is 0 Å². The molecule has 0 saturated heterocycles. The highest BCUT2D eigenvalue weighted by Gasteiger charge is 2.13. The number of nitrogens with one attached hydrogen (secondary N) is 2. The van der Waals surface area contributed by atoms with E-state index in [1.807, 2.05) is 43.4 Å². The molecule has 1 rings (SSSR count). The van der Waals surface area contributed by atoms with E-state index in [1.165, 1.54) is 6.08 Å². The number of furan rings is 1. The molecule has 6 heteroatoms. The van der Waals surface area contributed by atoms with Crippen molar-refractivity contribution in [1.29, 1.82) is 0 Å². The summed E-state index contributed by atoms with van der Waals surface area (Å²) in [5.41, 5.74) is -0.303. The van der Waals surface area contributed by atoms with Gasteiger partial charge in [0.25, 0.3) is 0 Å². The average Bonchev–Trinajstić information content (AvgIpc) is 2.67.